The van der Waals surface area contributed by atoms with Crippen LogP contribution >= 0.6 is 39.7 Å². The van der Waals surface area contributed by atoms with Gasteiger partial charge in [-0.1, -0.05) is 0 Å². The van der Waals surface area contributed by atoms with E-state index in [-0.39, 0.29) is 18.3 Å². The highest BCUT2D eigenvalue weighted by Crippen LogP contribution is 2.32. The summed E-state index contributed by atoms with van der Waals surface area (Å²) in [5.41, 5.74) is 0.816. The smallest absolute Gasteiger partial charge is 0.255 e. The SMILES string of the molecule is Cc1cc(C(=O)N(C)C2CC3CCC(C2)N3)c(Br)s1.Cl. The lowest BCUT2D eigenvalue weighted by Crippen LogP contribution is -2.48. The highest BCUT2D eigenvalue weighted by Gasteiger charge is 2.36. The van der Waals surface area contributed by atoms with Crippen LogP contribution < -0.4 is 5.32 Å². The van der Waals surface area contributed by atoms with Gasteiger partial charge in [0.05, 0.1) is 9.35 Å². The Morgan fingerprint density at radius 1 is 1.40 bits per heavy atom. The Bertz CT molecular complexity index is 495. The van der Waals surface area contributed by atoms with Crippen molar-refractivity contribution in [3.05, 3.63) is 20.3 Å². The summed E-state index contributed by atoms with van der Waals surface area (Å²) in [4.78, 5) is 15.7. The number of halogens is 2. The molecule has 6 heteroatoms. The third-order valence-electron chi connectivity index (χ3n) is 4.36. The Morgan fingerprint density at radius 3 is 2.50 bits per heavy atom. The number of nitrogens with one attached hydrogen (secondary N) is 1. The van der Waals surface area contributed by atoms with E-state index in [1.807, 2.05) is 24.9 Å². The molecule has 2 atom stereocenters. The van der Waals surface area contributed by atoms with Gasteiger partial charge < -0.3 is 10.2 Å². The van der Waals surface area contributed by atoms with Crippen LogP contribution in [0.2, 0.25) is 0 Å². The summed E-state index contributed by atoms with van der Waals surface area (Å²) < 4.78 is 0.957. The molecule has 1 N–H and O–H groups in total. The largest absolute Gasteiger partial charge is 0.339 e. The molecule has 1 aromatic rings. The van der Waals surface area contributed by atoms with Crippen molar-refractivity contribution >= 4 is 45.6 Å². The molecular formula is C14H20BrClN2OS. The minimum absolute atomic E-state index is 0. The van der Waals surface area contributed by atoms with Gasteiger partial charge in [0, 0.05) is 30.1 Å². The minimum Gasteiger partial charge on any atom is -0.339 e. The molecule has 0 aromatic carbocycles. The molecule has 3 rings (SSSR count). The van der Waals surface area contributed by atoms with Crippen LogP contribution in [-0.2, 0) is 0 Å². The average molecular weight is 380 g/mol. The summed E-state index contributed by atoms with van der Waals surface area (Å²) in [5, 5.41) is 3.62. The fourth-order valence-corrected chi connectivity index (χ4v) is 5.10. The number of amides is 1. The second-order valence-electron chi connectivity index (χ2n) is 5.72. The zero-order valence-corrected chi connectivity index (χ0v) is 14.9. The molecule has 0 spiro atoms. The van der Waals surface area contributed by atoms with Crippen LogP contribution in [0, 0.1) is 6.92 Å². The lowest BCUT2D eigenvalue weighted by atomic mass is 9.98. The van der Waals surface area contributed by atoms with Crippen molar-refractivity contribution < 1.29 is 4.79 Å². The number of carbonyl (C=O) groups is 1. The van der Waals surface area contributed by atoms with Gasteiger partial charge in [-0.25, -0.2) is 0 Å². The molecule has 2 fully saturated rings. The molecule has 0 radical (unpaired) electrons. The minimum atomic E-state index is 0. The van der Waals surface area contributed by atoms with Crippen molar-refractivity contribution in [3.8, 4) is 0 Å². The van der Waals surface area contributed by atoms with Gasteiger partial charge in [0.15, 0.2) is 0 Å². The van der Waals surface area contributed by atoms with Crippen LogP contribution in [-0.4, -0.2) is 36.0 Å². The molecule has 112 valence electrons. The second-order valence-corrected chi connectivity index (χ2v) is 8.30. The average Bonchev–Trinajstić information content (AvgIpc) is 2.89. The maximum Gasteiger partial charge on any atom is 0.255 e. The van der Waals surface area contributed by atoms with Gasteiger partial charge in [-0.2, -0.15) is 0 Å². The Morgan fingerprint density at radius 2 is 2.00 bits per heavy atom. The van der Waals surface area contributed by atoms with E-state index < -0.39 is 0 Å². The molecule has 1 amide bonds. The van der Waals surface area contributed by atoms with Crippen LogP contribution in [0.3, 0.4) is 0 Å². The standard InChI is InChI=1S/C14H19BrN2OS.ClH/c1-8-5-12(13(15)19-8)14(18)17(2)11-6-9-3-4-10(7-11)16-9;/h5,9-11,16H,3-4,6-7H2,1-2H3;1H. The number of piperidine rings is 1. The lowest BCUT2D eigenvalue weighted by Gasteiger charge is -2.35. The third-order valence-corrected chi connectivity index (χ3v) is 6.11. The Kier molecular flexibility index (Phi) is 5.16. The first kappa shape index (κ1) is 16.3. The monoisotopic (exact) mass is 378 g/mol. The van der Waals surface area contributed by atoms with Crippen molar-refractivity contribution in [1.82, 2.24) is 10.2 Å². The van der Waals surface area contributed by atoms with E-state index in [1.165, 1.54) is 17.7 Å². The number of thiophene rings is 1. The van der Waals surface area contributed by atoms with E-state index in [0.717, 1.165) is 22.2 Å². The number of carbonyl (C=O) groups excluding carboxylic acids is 1. The first-order chi connectivity index (χ1) is 9.04. The van der Waals surface area contributed by atoms with Crippen molar-refractivity contribution in [2.75, 3.05) is 7.05 Å². The maximum absolute atomic E-state index is 12.6. The van der Waals surface area contributed by atoms with E-state index in [9.17, 15) is 4.79 Å². The molecule has 3 nitrogen and oxygen atoms in total. The van der Waals surface area contributed by atoms with E-state index in [2.05, 4.69) is 21.2 Å². The predicted molar refractivity (Wildman–Crippen MR) is 89.1 cm³/mol. The van der Waals surface area contributed by atoms with E-state index >= 15 is 0 Å². The van der Waals surface area contributed by atoms with E-state index in [1.54, 1.807) is 11.3 Å². The number of nitrogens with zero attached hydrogens (tertiary/aromatic N) is 1. The van der Waals surface area contributed by atoms with Gasteiger partial charge in [-0.05, 0) is 54.6 Å². The molecular weight excluding hydrogens is 360 g/mol. The topological polar surface area (TPSA) is 32.3 Å². The normalized spacial score (nSPS) is 28.1. The van der Waals surface area contributed by atoms with Gasteiger partial charge in [0.25, 0.3) is 5.91 Å². The van der Waals surface area contributed by atoms with E-state index in [4.69, 9.17) is 0 Å². The van der Waals surface area contributed by atoms with Gasteiger partial charge >= 0.3 is 0 Å². The molecule has 20 heavy (non-hydrogen) atoms. The van der Waals surface area contributed by atoms with Crippen LogP contribution in [0.5, 0.6) is 0 Å². The Labute approximate surface area is 138 Å². The van der Waals surface area contributed by atoms with Crippen LogP contribution in [0.15, 0.2) is 9.85 Å². The van der Waals surface area contributed by atoms with Gasteiger partial charge in [-0.15, -0.1) is 23.7 Å². The predicted octanol–water partition coefficient (Wildman–Crippen LogP) is 3.60. The molecule has 2 aliphatic heterocycles. The number of rotatable bonds is 2. The highest BCUT2D eigenvalue weighted by atomic mass is 79.9. The molecule has 0 aliphatic carbocycles. The van der Waals surface area contributed by atoms with Crippen LogP contribution in [0.1, 0.15) is 40.9 Å². The van der Waals surface area contributed by atoms with Crippen LogP contribution in [0.25, 0.3) is 0 Å². The Hall–Kier alpha value is -0.1000. The summed E-state index contributed by atoms with van der Waals surface area (Å²) >= 11 is 5.14. The molecule has 2 saturated heterocycles. The van der Waals surface area contributed by atoms with Gasteiger partial charge in [0.1, 0.15) is 0 Å². The molecule has 2 bridgehead atoms. The maximum atomic E-state index is 12.6. The number of hydrogen-bond donors (Lipinski definition) is 1. The van der Waals surface area contributed by atoms with Gasteiger partial charge in [0.2, 0.25) is 0 Å². The zero-order chi connectivity index (χ0) is 13.6. The van der Waals surface area contributed by atoms with Crippen molar-refractivity contribution in [2.24, 2.45) is 0 Å². The summed E-state index contributed by atoms with van der Waals surface area (Å²) in [7, 11) is 1.96. The number of hydrogen-bond acceptors (Lipinski definition) is 3. The molecule has 0 saturated carbocycles. The highest BCUT2D eigenvalue weighted by molar-refractivity contribution is 9.11. The molecule has 2 aliphatic rings. The van der Waals surface area contributed by atoms with Crippen LogP contribution in [0.4, 0.5) is 0 Å². The molecule has 2 unspecified atom stereocenters. The quantitative estimate of drug-likeness (QED) is 0.851. The summed E-state index contributed by atoms with van der Waals surface area (Å²) in [6, 6.07) is 3.61. The van der Waals surface area contributed by atoms with Crippen molar-refractivity contribution in [1.29, 1.82) is 0 Å². The third kappa shape index (κ3) is 3.06. The second kappa shape index (κ2) is 6.34. The summed E-state index contributed by atoms with van der Waals surface area (Å²) in [6.45, 7) is 2.04. The first-order valence-electron chi connectivity index (χ1n) is 6.83. The molecule has 3 heterocycles. The lowest BCUT2D eigenvalue weighted by molar-refractivity contribution is 0.0681. The van der Waals surface area contributed by atoms with Crippen molar-refractivity contribution in [2.45, 2.75) is 50.7 Å². The molecule has 1 aromatic heterocycles. The zero-order valence-electron chi connectivity index (χ0n) is 11.7. The first-order valence-corrected chi connectivity index (χ1v) is 8.44. The summed E-state index contributed by atoms with van der Waals surface area (Å²) in [6.07, 6.45) is 4.73. The Balaban J connectivity index is 0.00000147. The van der Waals surface area contributed by atoms with Crippen molar-refractivity contribution in [3.63, 3.8) is 0 Å². The van der Waals surface area contributed by atoms with E-state index in [0.29, 0.717) is 18.1 Å². The fraction of sp³-hybridized carbons (Fsp3) is 0.643. The fourth-order valence-electron chi connectivity index (χ4n) is 3.33. The van der Waals surface area contributed by atoms with Gasteiger partial charge in [-0.3, -0.25) is 4.79 Å². The summed E-state index contributed by atoms with van der Waals surface area (Å²) in [5.74, 6) is 0.155. The number of aryl methyl sites for hydroxylation is 1. The number of fused-ring (bicyclic) bond motifs is 2.